The van der Waals surface area contributed by atoms with Crippen LogP contribution in [0.1, 0.15) is 41.0 Å². The fraction of sp³-hybridized carbons (Fsp3) is 0.588. The summed E-state index contributed by atoms with van der Waals surface area (Å²) >= 11 is 0. The maximum Gasteiger partial charge on any atom is 0.323 e. The van der Waals surface area contributed by atoms with Crippen LogP contribution in [0.5, 0.6) is 5.75 Å². The van der Waals surface area contributed by atoms with Crippen molar-refractivity contribution in [1.29, 1.82) is 0 Å². The van der Waals surface area contributed by atoms with Crippen molar-refractivity contribution in [3.63, 3.8) is 0 Å². The summed E-state index contributed by atoms with van der Waals surface area (Å²) in [6, 6.07) is 8.29. The summed E-state index contributed by atoms with van der Waals surface area (Å²) in [6.07, 6.45) is 1.05. The van der Waals surface area contributed by atoms with Crippen LogP contribution < -0.4 is 9.61 Å². The Bertz CT molecular complexity index is 539. The molecule has 0 saturated carbocycles. The van der Waals surface area contributed by atoms with Crippen LogP contribution in [0.4, 0.5) is 0 Å². The highest BCUT2D eigenvalue weighted by atomic mass is 31.2. The molecule has 1 rings (SSSR count). The van der Waals surface area contributed by atoms with E-state index in [0.717, 1.165) is 6.42 Å². The van der Waals surface area contributed by atoms with Gasteiger partial charge < -0.3 is 9.26 Å². The van der Waals surface area contributed by atoms with Crippen LogP contribution in [0, 0.1) is 5.41 Å². The first-order valence-electron chi connectivity index (χ1n) is 7.93. The highest BCUT2D eigenvalue weighted by Gasteiger charge is 2.34. The molecule has 0 aliphatic heterocycles. The van der Waals surface area contributed by atoms with E-state index < -0.39 is 19.5 Å². The van der Waals surface area contributed by atoms with Crippen molar-refractivity contribution in [2.75, 3.05) is 12.8 Å². The summed E-state index contributed by atoms with van der Waals surface area (Å²) < 4.78 is 24.1. The number of hydrogen-bond acceptors (Lipinski definition) is 4. The lowest BCUT2D eigenvalue weighted by atomic mass is 10.0. The van der Waals surface area contributed by atoms with E-state index >= 15 is 0 Å². The molecular formula is C17H28NO4P. The van der Waals surface area contributed by atoms with Crippen LogP contribution in [-0.2, 0) is 14.1 Å². The third-order valence-corrected chi connectivity index (χ3v) is 5.52. The molecule has 0 radical (unpaired) electrons. The maximum absolute atomic E-state index is 13.2. The molecule has 5 nitrogen and oxygen atoms in total. The van der Waals surface area contributed by atoms with Gasteiger partial charge in [0.1, 0.15) is 11.8 Å². The summed E-state index contributed by atoms with van der Waals surface area (Å²) in [5, 5.41) is 2.87. The molecule has 130 valence electrons. The molecule has 6 heteroatoms. The van der Waals surface area contributed by atoms with E-state index in [2.05, 4.69) is 5.09 Å². The van der Waals surface area contributed by atoms with E-state index in [9.17, 15) is 9.36 Å². The summed E-state index contributed by atoms with van der Waals surface area (Å²) in [5.74, 6) is 0.0966. The Morgan fingerprint density at radius 1 is 1.26 bits per heavy atom. The zero-order valence-corrected chi connectivity index (χ0v) is 15.6. The summed E-state index contributed by atoms with van der Waals surface area (Å²) in [4.78, 5) is 11.9. The van der Waals surface area contributed by atoms with Gasteiger partial charge in [-0.25, -0.2) is 5.09 Å². The van der Waals surface area contributed by atoms with Gasteiger partial charge in [0, 0.05) is 0 Å². The van der Waals surface area contributed by atoms with Crippen molar-refractivity contribution in [2.45, 2.75) is 47.1 Å². The highest BCUT2D eigenvalue weighted by Crippen LogP contribution is 2.48. The van der Waals surface area contributed by atoms with Gasteiger partial charge in [-0.3, -0.25) is 9.36 Å². The first-order chi connectivity index (χ1) is 10.7. The molecule has 0 saturated heterocycles. The average Bonchev–Trinajstić information content (AvgIpc) is 2.43. The molecule has 1 N–H and O–H groups in total. The fourth-order valence-corrected chi connectivity index (χ4v) is 4.67. The van der Waals surface area contributed by atoms with E-state index in [0.29, 0.717) is 18.5 Å². The lowest BCUT2D eigenvalue weighted by Crippen LogP contribution is -2.36. The summed E-state index contributed by atoms with van der Waals surface area (Å²) in [6.45, 7) is 9.87. The minimum absolute atomic E-state index is 0.218. The monoisotopic (exact) mass is 341 g/mol. The lowest BCUT2D eigenvalue weighted by Gasteiger charge is -2.29. The van der Waals surface area contributed by atoms with Crippen LogP contribution >= 0.6 is 7.52 Å². The molecule has 0 bridgehead atoms. The van der Waals surface area contributed by atoms with Gasteiger partial charge in [-0.05, 0) is 30.9 Å². The predicted molar refractivity (Wildman–Crippen MR) is 92.8 cm³/mol. The molecule has 0 aromatic heterocycles. The van der Waals surface area contributed by atoms with Gasteiger partial charge in [-0.1, -0.05) is 45.9 Å². The Balaban J connectivity index is 2.87. The zero-order chi connectivity index (χ0) is 17.5. The molecule has 0 spiro atoms. The average molecular weight is 341 g/mol. The Morgan fingerprint density at radius 3 is 2.39 bits per heavy atom. The van der Waals surface area contributed by atoms with E-state index in [1.54, 1.807) is 19.1 Å². The third-order valence-electron chi connectivity index (χ3n) is 2.87. The van der Waals surface area contributed by atoms with Crippen molar-refractivity contribution in [2.24, 2.45) is 5.41 Å². The van der Waals surface area contributed by atoms with Gasteiger partial charge in [-0.15, -0.1) is 0 Å². The molecule has 0 amide bonds. The third kappa shape index (κ3) is 7.67. The molecule has 0 heterocycles. The van der Waals surface area contributed by atoms with Crippen molar-refractivity contribution >= 4 is 13.5 Å². The van der Waals surface area contributed by atoms with Crippen molar-refractivity contribution in [3.8, 4) is 5.75 Å². The number of nitrogens with one attached hydrogen (secondary N) is 1. The second kappa shape index (κ2) is 8.51. The molecular weight excluding hydrogens is 313 g/mol. The summed E-state index contributed by atoms with van der Waals surface area (Å²) in [7, 11) is -3.26. The first-order valence-corrected chi connectivity index (χ1v) is 9.74. The SMILES string of the molecule is CCCOC(=O)[C@H](C)NP(=O)(CC(C)(C)C)Oc1ccccc1. The molecule has 0 aliphatic carbocycles. The standard InChI is InChI=1S/C17H28NO4P/c1-6-12-21-16(19)14(2)18-23(20,13-17(3,4)5)22-15-10-8-7-9-11-15/h7-11,14H,6,12-13H2,1-5H3,(H,18,20)/t14-,23?/m0/s1. The number of para-hydroxylation sites is 1. The van der Waals surface area contributed by atoms with E-state index in [-0.39, 0.29) is 5.41 Å². The molecule has 1 unspecified atom stereocenters. The zero-order valence-electron chi connectivity index (χ0n) is 14.7. The number of ether oxygens (including phenoxy) is 1. The topological polar surface area (TPSA) is 64.6 Å². The van der Waals surface area contributed by atoms with Gasteiger partial charge >= 0.3 is 13.5 Å². The van der Waals surface area contributed by atoms with E-state index in [4.69, 9.17) is 9.26 Å². The predicted octanol–water partition coefficient (Wildman–Crippen LogP) is 4.24. The highest BCUT2D eigenvalue weighted by molar-refractivity contribution is 7.57. The van der Waals surface area contributed by atoms with Gasteiger partial charge in [0.15, 0.2) is 0 Å². The number of carbonyl (C=O) groups excluding carboxylic acids is 1. The minimum Gasteiger partial charge on any atom is -0.465 e. The fourth-order valence-electron chi connectivity index (χ4n) is 2.06. The van der Waals surface area contributed by atoms with E-state index in [1.807, 2.05) is 45.9 Å². The first kappa shape index (κ1) is 19.7. The van der Waals surface area contributed by atoms with Gasteiger partial charge in [0.2, 0.25) is 0 Å². The Kier molecular flexibility index (Phi) is 7.30. The Labute approximate surface area is 139 Å². The van der Waals surface area contributed by atoms with Crippen molar-refractivity contribution in [3.05, 3.63) is 30.3 Å². The van der Waals surface area contributed by atoms with E-state index in [1.165, 1.54) is 0 Å². The molecule has 1 aromatic rings. The van der Waals surface area contributed by atoms with Gasteiger partial charge in [0.25, 0.3) is 0 Å². The smallest absolute Gasteiger partial charge is 0.323 e. The Morgan fingerprint density at radius 2 is 1.87 bits per heavy atom. The normalized spacial score (nSPS) is 15.5. The molecule has 0 aliphatic rings. The largest absolute Gasteiger partial charge is 0.465 e. The van der Waals surface area contributed by atoms with Crippen molar-refractivity contribution < 1.29 is 18.6 Å². The maximum atomic E-state index is 13.2. The van der Waals surface area contributed by atoms with Gasteiger partial charge in [0.05, 0.1) is 12.8 Å². The lowest BCUT2D eigenvalue weighted by molar-refractivity contribution is -0.145. The van der Waals surface area contributed by atoms with Crippen LogP contribution in [0.3, 0.4) is 0 Å². The van der Waals surface area contributed by atoms with Crippen LogP contribution in [-0.4, -0.2) is 24.8 Å². The number of benzene rings is 1. The number of esters is 1. The molecule has 2 atom stereocenters. The summed E-state index contributed by atoms with van der Waals surface area (Å²) in [5.41, 5.74) is -0.218. The second-order valence-corrected chi connectivity index (χ2v) is 8.92. The van der Waals surface area contributed by atoms with Crippen LogP contribution in [0.2, 0.25) is 0 Å². The molecule has 1 aromatic carbocycles. The molecule has 23 heavy (non-hydrogen) atoms. The second-order valence-electron chi connectivity index (χ2n) is 6.81. The van der Waals surface area contributed by atoms with Crippen LogP contribution in [0.15, 0.2) is 30.3 Å². The van der Waals surface area contributed by atoms with Crippen molar-refractivity contribution in [1.82, 2.24) is 5.09 Å². The molecule has 0 fully saturated rings. The number of rotatable bonds is 8. The Hall–Kier alpha value is -1.32. The quantitative estimate of drug-likeness (QED) is 0.566. The number of carbonyl (C=O) groups is 1. The van der Waals surface area contributed by atoms with Crippen LogP contribution in [0.25, 0.3) is 0 Å². The minimum atomic E-state index is -3.26. The van der Waals surface area contributed by atoms with Gasteiger partial charge in [-0.2, -0.15) is 0 Å². The number of hydrogen-bond donors (Lipinski definition) is 1.